The van der Waals surface area contributed by atoms with Crippen molar-refractivity contribution in [2.75, 3.05) is 20.1 Å². The summed E-state index contributed by atoms with van der Waals surface area (Å²) in [5, 5.41) is 20.0. The Labute approximate surface area is 101 Å². The highest BCUT2D eigenvalue weighted by molar-refractivity contribution is 5.39. The van der Waals surface area contributed by atoms with Gasteiger partial charge in [0.05, 0.1) is 11.0 Å². The van der Waals surface area contributed by atoms with Gasteiger partial charge in [-0.15, -0.1) is 0 Å². The second-order valence-corrected chi connectivity index (χ2v) is 4.25. The molecule has 17 heavy (non-hydrogen) atoms. The summed E-state index contributed by atoms with van der Waals surface area (Å²) in [5.41, 5.74) is 0.896. The first-order chi connectivity index (χ1) is 8.00. The van der Waals surface area contributed by atoms with Gasteiger partial charge in [-0.25, -0.2) is 0 Å². The average molecular weight is 238 g/mol. The van der Waals surface area contributed by atoms with Gasteiger partial charge < -0.3 is 10.0 Å². The summed E-state index contributed by atoms with van der Waals surface area (Å²) in [4.78, 5) is 12.4. The minimum absolute atomic E-state index is 0.165. The zero-order valence-corrected chi connectivity index (χ0v) is 10.2. The molecule has 1 unspecified atom stereocenters. The van der Waals surface area contributed by atoms with Crippen LogP contribution >= 0.6 is 0 Å². The third kappa shape index (κ3) is 4.50. The van der Waals surface area contributed by atoms with Crippen molar-refractivity contribution in [3.63, 3.8) is 0 Å². The molecule has 1 atom stereocenters. The highest BCUT2D eigenvalue weighted by Crippen LogP contribution is 2.18. The molecule has 0 saturated carbocycles. The van der Waals surface area contributed by atoms with Crippen LogP contribution in [-0.4, -0.2) is 41.2 Å². The van der Waals surface area contributed by atoms with E-state index in [1.165, 1.54) is 6.07 Å². The highest BCUT2D eigenvalue weighted by atomic mass is 16.6. The average Bonchev–Trinajstić information content (AvgIpc) is 2.25. The second-order valence-electron chi connectivity index (χ2n) is 4.25. The van der Waals surface area contributed by atoms with Crippen molar-refractivity contribution in [2.45, 2.75) is 19.4 Å². The maximum absolute atomic E-state index is 10.8. The van der Waals surface area contributed by atoms with E-state index in [9.17, 15) is 15.2 Å². The predicted molar refractivity (Wildman–Crippen MR) is 66.0 cm³/mol. The molecule has 1 N–H and O–H groups in total. The summed E-state index contributed by atoms with van der Waals surface area (Å²) in [6.45, 7) is 2.98. The van der Waals surface area contributed by atoms with Crippen LogP contribution in [0.2, 0.25) is 0 Å². The zero-order valence-electron chi connectivity index (χ0n) is 10.2. The van der Waals surface area contributed by atoms with Gasteiger partial charge in [0.25, 0.3) is 5.69 Å². The van der Waals surface area contributed by atoms with Gasteiger partial charge in [-0.1, -0.05) is 18.2 Å². The van der Waals surface area contributed by atoms with Crippen LogP contribution in [0.5, 0.6) is 0 Å². The van der Waals surface area contributed by atoms with Crippen LogP contribution in [0.3, 0.4) is 0 Å². The first-order valence-electron chi connectivity index (χ1n) is 5.59. The van der Waals surface area contributed by atoms with Gasteiger partial charge in [-0.2, -0.15) is 0 Å². The SMILES string of the molecule is CC(O)CN(C)CCc1ccccc1[N+](=O)[O-]. The molecule has 5 nitrogen and oxygen atoms in total. The molecule has 1 rings (SSSR count). The van der Waals surface area contributed by atoms with Gasteiger partial charge in [0, 0.05) is 24.7 Å². The van der Waals surface area contributed by atoms with Crippen LogP contribution < -0.4 is 0 Å². The first-order valence-corrected chi connectivity index (χ1v) is 5.59. The van der Waals surface area contributed by atoms with Crippen LogP contribution in [-0.2, 0) is 6.42 Å². The van der Waals surface area contributed by atoms with E-state index in [0.717, 1.165) is 5.56 Å². The maximum Gasteiger partial charge on any atom is 0.272 e. The molecule has 0 heterocycles. The molecule has 1 aromatic rings. The number of para-hydroxylation sites is 1. The number of nitrogens with zero attached hydrogens (tertiary/aromatic N) is 2. The van der Waals surface area contributed by atoms with Gasteiger partial charge in [0.1, 0.15) is 0 Å². The minimum atomic E-state index is -0.384. The summed E-state index contributed by atoms with van der Waals surface area (Å²) in [6.07, 6.45) is 0.228. The van der Waals surface area contributed by atoms with Crippen LogP contribution in [0.1, 0.15) is 12.5 Å². The Morgan fingerprint density at radius 3 is 2.71 bits per heavy atom. The van der Waals surface area contributed by atoms with Crippen LogP contribution in [0.4, 0.5) is 5.69 Å². The Bertz CT molecular complexity index is 380. The van der Waals surface area contributed by atoms with Crippen LogP contribution in [0.25, 0.3) is 0 Å². The molecule has 0 aliphatic heterocycles. The highest BCUT2D eigenvalue weighted by Gasteiger charge is 2.12. The lowest BCUT2D eigenvalue weighted by molar-refractivity contribution is -0.385. The summed E-state index contributed by atoms with van der Waals surface area (Å²) in [5.74, 6) is 0. The Morgan fingerprint density at radius 2 is 2.12 bits per heavy atom. The van der Waals surface area contributed by atoms with Crippen molar-refractivity contribution in [3.05, 3.63) is 39.9 Å². The molecule has 0 aliphatic carbocycles. The van der Waals surface area contributed by atoms with E-state index in [1.807, 2.05) is 11.9 Å². The number of aliphatic hydroxyl groups is 1. The van der Waals surface area contributed by atoms with Gasteiger partial charge in [-0.05, 0) is 20.4 Å². The number of hydrogen-bond acceptors (Lipinski definition) is 4. The summed E-state index contributed by atoms with van der Waals surface area (Å²) < 4.78 is 0. The molecule has 94 valence electrons. The fraction of sp³-hybridized carbons (Fsp3) is 0.500. The fourth-order valence-corrected chi connectivity index (χ4v) is 1.75. The molecule has 0 fully saturated rings. The number of nitro benzene ring substituents is 1. The monoisotopic (exact) mass is 238 g/mol. The largest absolute Gasteiger partial charge is 0.392 e. The number of likely N-dealkylation sites (N-methyl/N-ethyl adjacent to an activating group) is 1. The van der Waals surface area contributed by atoms with Gasteiger partial charge in [0.15, 0.2) is 0 Å². The van der Waals surface area contributed by atoms with Crippen LogP contribution in [0, 0.1) is 10.1 Å². The molecule has 5 heteroatoms. The topological polar surface area (TPSA) is 66.6 Å². The van der Waals surface area contributed by atoms with Crippen molar-refractivity contribution >= 4 is 5.69 Å². The molecule has 0 bridgehead atoms. The lowest BCUT2D eigenvalue weighted by atomic mass is 10.1. The maximum atomic E-state index is 10.8. The van der Waals surface area contributed by atoms with Gasteiger partial charge in [0.2, 0.25) is 0 Å². The Balaban J connectivity index is 2.60. The molecule has 0 radical (unpaired) electrons. The van der Waals surface area contributed by atoms with Crippen LogP contribution in [0.15, 0.2) is 24.3 Å². The first kappa shape index (κ1) is 13.6. The Morgan fingerprint density at radius 1 is 1.47 bits per heavy atom. The zero-order chi connectivity index (χ0) is 12.8. The molecule has 0 aliphatic rings. The smallest absolute Gasteiger partial charge is 0.272 e. The van der Waals surface area contributed by atoms with Crippen molar-refractivity contribution < 1.29 is 10.0 Å². The number of aliphatic hydroxyl groups excluding tert-OH is 1. The standard InChI is InChI=1S/C12H18N2O3/c1-10(15)9-13(2)8-7-11-5-3-4-6-12(11)14(16)17/h3-6,10,15H,7-9H2,1-2H3. The second kappa shape index (κ2) is 6.32. The van der Waals surface area contributed by atoms with Crippen molar-refractivity contribution in [1.82, 2.24) is 4.90 Å². The number of nitro groups is 1. The normalized spacial score (nSPS) is 12.7. The molecule has 0 amide bonds. The summed E-state index contributed by atoms with van der Waals surface area (Å²) >= 11 is 0. The Kier molecular flexibility index (Phi) is 5.06. The van der Waals surface area contributed by atoms with Crippen molar-refractivity contribution in [1.29, 1.82) is 0 Å². The summed E-state index contributed by atoms with van der Waals surface area (Å²) in [6, 6.07) is 6.76. The predicted octanol–water partition coefficient (Wildman–Crippen LogP) is 1.45. The van der Waals surface area contributed by atoms with E-state index in [-0.39, 0.29) is 16.7 Å². The molecular formula is C12H18N2O3. The summed E-state index contributed by atoms with van der Waals surface area (Å²) in [7, 11) is 1.89. The number of rotatable bonds is 6. The van der Waals surface area contributed by atoms with Crippen molar-refractivity contribution in [2.24, 2.45) is 0 Å². The van der Waals surface area contributed by atoms with Gasteiger partial charge >= 0.3 is 0 Å². The molecule has 1 aromatic carbocycles. The fourth-order valence-electron chi connectivity index (χ4n) is 1.75. The Hall–Kier alpha value is -1.46. The lowest BCUT2D eigenvalue weighted by Crippen LogP contribution is -2.29. The molecule has 0 spiro atoms. The van der Waals surface area contributed by atoms with E-state index >= 15 is 0 Å². The quantitative estimate of drug-likeness (QED) is 0.601. The molecule has 0 aromatic heterocycles. The van der Waals surface area contributed by atoms with E-state index in [4.69, 9.17) is 0 Å². The third-order valence-corrected chi connectivity index (χ3v) is 2.53. The molecular weight excluding hydrogens is 220 g/mol. The van der Waals surface area contributed by atoms with Gasteiger partial charge in [-0.3, -0.25) is 10.1 Å². The number of hydrogen-bond donors (Lipinski definition) is 1. The number of benzene rings is 1. The third-order valence-electron chi connectivity index (χ3n) is 2.53. The lowest BCUT2D eigenvalue weighted by Gasteiger charge is -2.17. The molecule has 0 saturated heterocycles. The van der Waals surface area contributed by atoms with Crippen molar-refractivity contribution in [3.8, 4) is 0 Å². The minimum Gasteiger partial charge on any atom is -0.392 e. The van der Waals surface area contributed by atoms with E-state index in [0.29, 0.717) is 19.5 Å². The van der Waals surface area contributed by atoms with E-state index in [2.05, 4.69) is 0 Å². The van der Waals surface area contributed by atoms with E-state index in [1.54, 1.807) is 25.1 Å². The van der Waals surface area contributed by atoms with E-state index < -0.39 is 0 Å².